The molecule has 4 nitrogen and oxygen atoms in total. The van der Waals surface area contributed by atoms with Crippen LogP contribution in [-0.2, 0) is 0 Å². The predicted octanol–water partition coefficient (Wildman–Crippen LogP) is 3.94. The summed E-state index contributed by atoms with van der Waals surface area (Å²) in [5.41, 5.74) is 4.90. The molecule has 1 atom stereocenters. The summed E-state index contributed by atoms with van der Waals surface area (Å²) in [7, 11) is 2.22. The number of hydrogen-bond acceptors (Lipinski definition) is 4. The van der Waals surface area contributed by atoms with Crippen LogP contribution in [0.5, 0.6) is 0 Å². The number of benzene rings is 2. The fourth-order valence-corrected chi connectivity index (χ4v) is 4.03. The Morgan fingerprint density at radius 2 is 1.89 bits per heavy atom. The van der Waals surface area contributed by atoms with Crippen LogP contribution in [0.2, 0.25) is 0 Å². The summed E-state index contributed by atoms with van der Waals surface area (Å²) in [4.78, 5) is 9.58. The zero-order chi connectivity index (χ0) is 18.6. The van der Waals surface area contributed by atoms with E-state index in [9.17, 15) is 0 Å². The Labute approximate surface area is 161 Å². The molecule has 0 spiro atoms. The largest absolute Gasteiger partial charge is 0.383 e. The number of aryl methyl sites for hydroxylation is 1. The number of nitrogens with one attached hydrogen (secondary N) is 1. The highest BCUT2D eigenvalue weighted by Crippen LogP contribution is 2.26. The molecular formula is C23H28N4. The van der Waals surface area contributed by atoms with Crippen LogP contribution in [0, 0.1) is 6.92 Å². The Balaban J connectivity index is 1.46. The monoisotopic (exact) mass is 360 g/mol. The molecule has 0 bridgehead atoms. The van der Waals surface area contributed by atoms with Crippen molar-refractivity contribution in [2.45, 2.75) is 13.0 Å². The predicted molar refractivity (Wildman–Crippen MR) is 113 cm³/mol. The molecule has 140 valence electrons. The fourth-order valence-electron chi connectivity index (χ4n) is 4.03. The summed E-state index contributed by atoms with van der Waals surface area (Å²) in [6, 6.07) is 19.8. The van der Waals surface area contributed by atoms with Crippen LogP contribution in [0.15, 0.2) is 60.8 Å². The van der Waals surface area contributed by atoms with Gasteiger partial charge in [0, 0.05) is 56.0 Å². The van der Waals surface area contributed by atoms with Gasteiger partial charge in [-0.05, 0) is 31.2 Å². The number of pyridine rings is 1. The van der Waals surface area contributed by atoms with Crippen LogP contribution in [0.1, 0.15) is 17.2 Å². The lowest BCUT2D eigenvalue weighted by Crippen LogP contribution is -2.48. The number of rotatable bonds is 5. The molecule has 4 heteroatoms. The van der Waals surface area contributed by atoms with Crippen molar-refractivity contribution >= 4 is 16.6 Å². The normalized spacial score (nSPS) is 18.7. The molecular weight excluding hydrogens is 332 g/mol. The van der Waals surface area contributed by atoms with Crippen molar-refractivity contribution in [3.8, 4) is 0 Å². The zero-order valence-corrected chi connectivity index (χ0v) is 16.2. The lowest BCUT2D eigenvalue weighted by atomic mass is 10.0. The zero-order valence-electron chi connectivity index (χ0n) is 16.2. The molecule has 1 unspecified atom stereocenters. The van der Waals surface area contributed by atoms with E-state index in [1.807, 2.05) is 6.20 Å². The maximum absolute atomic E-state index is 4.54. The first-order valence-electron chi connectivity index (χ1n) is 9.78. The highest BCUT2D eigenvalue weighted by atomic mass is 15.3. The summed E-state index contributed by atoms with van der Waals surface area (Å²) >= 11 is 0. The topological polar surface area (TPSA) is 31.4 Å². The van der Waals surface area contributed by atoms with E-state index in [4.69, 9.17) is 0 Å². The molecule has 1 aromatic heterocycles. The van der Waals surface area contributed by atoms with Gasteiger partial charge in [0.05, 0.1) is 5.52 Å². The van der Waals surface area contributed by atoms with Crippen molar-refractivity contribution in [3.63, 3.8) is 0 Å². The first-order valence-corrected chi connectivity index (χ1v) is 9.78. The van der Waals surface area contributed by atoms with E-state index in [-0.39, 0.29) is 0 Å². The maximum atomic E-state index is 4.54. The second-order valence-corrected chi connectivity index (χ2v) is 7.48. The van der Waals surface area contributed by atoms with Crippen LogP contribution in [0.3, 0.4) is 0 Å². The Kier molecular flexibility index (Phi) is 5.37. The van der Waals surface area contributed by atoms with E-state index < -0.39 is 0 Å². The number of likely N-dealkylation sites (N-methyl/N-ethyl adjacent to an activating group) is 1. The molecule has 4 rings (SSSR count). The highest BCUT2D eigenvalue weighted by Gasteiger charge is 2.25. The summed E-state index contributed by atoms with van der Waals surface area (Å²) in [5.74, 6) is 0. The van der Waals surface area contributed by atoms with Crippen molar-refractivity contribution in [2.75, 3.05) is 45.1 Å². The van der Waals surface area contributed by atoms with Crippen molar-refractivity contribution < 1.29 is 0 Å². The van der Waals surface area contributed by atoms with Gasteiger partial charge in [-0.25, -0.2) is 0 Å². The van der Waals surface area contributed by atoms with Gasteiger partial charge in [-0.3, -0.25) is 9.88 Å². The SMILES string of the molecule is Cc1cccc2c(NCCN3CCN(C)CC3c3ccccc3)ccnc12. The number of aromatic nitrogens is 1. The van der Waals surface area contributed by atoms with E-state index in [2.05, 4.69) is 88.7 Å². The van der Waals surface area contributed by atoms with Crippen LogP contribution in [0.25, 0.3) is 10.9 Å². The third-order valence-electron chi connectivity index (χ3n) is 5.57. The Morgan fingerprint density at radius 1 is 1.04 bits per heavy atom. The third-order valence-corrected chi connectivity index (χ3v) is 5.57. The van der Waals surface area contributed by atoms with Crippen molar-refractivity contribution in [3.05, 3.63) is 71.9 Å². The summed E-state index contributed by atoms with van der Waals surface area (Å²) in [6.07, 6.45) is 1.90. The maximum Gasteiger partial charge on any atom is 0.0751 e. The number of fused-ring (bicyclic) bond motifs is 1. The van der Waals surface area contributed by atoms with E-state index >= 15 is 0 Å². The van der Waals surface area contributed by atoms with Gasteiger partial charge < -0.3 is 10.2 Å². The fraction of sp³-hybridized carbons (Fsp3) is 0.348. The molecule has 1 saturated heterocycles. The van der Waals surface area contributed by atoms with Gasteiger partial charge in [0.25, 0.3) is 0 Å². The van der Waals surface area contributed by atoms with Gasteiger partial charge in [-0.15, -0.1) is 0 Å². The van der Waals surface area contributed by atoms with E-state index in [1.165, 1.54) is 22.2 Å². The molecule has 0 amide bonds. The summed E-state index contributed by atoms with van der Waals surface area (Å²) < 4.78 is 0. The number of nitrogens with zero attached hydrogens (tertiary/aromatic N) is 3. The molecule has 0 aliphatic carbocycles. The van der Waals surface area contributed by atoms with Crippen LogP contribution >= 0.6 is 0 Å². The molecule has 1 N–H and O–H groups in total. The molecule has 3 aromatic rings. The van der Waals surface area contributed by atoms with Crippen LogP contribution in [0.4, 0.5) is 5.69 Å². The molecule has 0 radical (unpaired) electrons. The third kappa shape index (κ3) is 3.97. The lowest BCUT2D eigenvalue weighted by Gasteiger charge is -2.40. The number of hydrogen-bond donors (Lipinski definition) is 1. The van der Waals surface area contributed by atoms with Gasteiger partial charge in [0.2, 0.25) is 0 Å². The number of anilines is 1. The number of piperazine rings is 1. The summed E-state index contributed by atoms with van der Waals surface area (Å²) in [6.45, 7) is 7.40. The van der Waals surface area contributed by atoms with Crippen molar-refractivity contribution in [1.29, 1.82) is 0 Å². The average Bonchev–Trinajstić information content (AvgIpc) is 2.70. The van der Waals surface area contributed by atoms with Gasteiger partial charge in [-0.1, -0.05) is 48.5 Å². The Bertz CT molecular complexity index is 893. The minimum Gasteiger partial charge on any atom is -0.383 e. The molecule has 0 saturated carbocycles. The lowest BCUT2D eigenvalue weighted by molar-refractivity contribution is 0.0938. The quantitative estimate of drug-likeness (QED) is 0.747. The average molecular weight is 361 g/mol. The van der Waals surface area contributed by atoms with Crippen molar-refractivity contribution in [1.82, 2.24) is 14.8 Å². The molecule has 2 heterocycles. The minimum atomic E-state index is 0.461. The van der Waals surface area contributed by atoms with Gasteiger partial charge in [-0.2, -0.15) is 0 Å². The van der Waals surface area contributed by atoms with E-state index in [0.717, 1.165) is 38.2 Å². The molecule has 1 aliphatic rings. The first-order chi connectivity index (χ1) is 13.2. The van der Waals surface area contributed by atoms with Gasteiger partial charge in [0.1, 0.15) is 0 Å². The number of para-hydroxylation sites is 1. The Hall–Kier alpha value is -2.43. The highest BCUT2D eigenvalue weighted by molar-refractivity contribution is 5.92. The first kappa shape index (κ1) is 18.0. The van der Waals surface area contributed by atoms with Crippen LogP contribution in [-0.4, -0.2) is 54.6 Å². The molecule has 27 heavy (non-hydrogen) atoms. The minimum absolute atomic E-state index is 0.461. The molecule has 1 aliphatic heterocycles. The van der Waals surface area contributed by atoms with Gasteiger partial charge >= 0.3 is 0 Å². The van der Waals surface area contributed by atoms with Crippen molar-refractivity contribution in [2.24, 2.45) is 0 Å². The second-order valence-electron chi connectivity index (χ2n) is 7.48. The van der Waals surface area contributed by atoms with Crippen LogP contribution < -0.4 is 5.32 Å². The second kappa shape index (κ2) is 8.07. The Morgan fingerprint density at radius 3 is 2.74 bits per heavy atom. The molecule has 2 aromatic carbocycles. The standard InChI is InChI=1S/C23H28N4/c1-18-7-6-10-20-21(11-12-25-23(18)20)24-13-14-27-16-15-26(2)17-22(27)19-8-4-3-5-9-19/h3-12,22H,13-17H2,1-2H3,(H,24,25). The molecule has 1 fully saturated rings. The van der Waals surface area contributed by atoms with E-state index in [0.29, 0.717) is 6.04 Å². The van der Waals surface area contributed by atoms with E-state index in [1.54, 1.807) is 0 Å². The summed E-state index contributed by atoms with van der Waals surface area (Å²) in [5, 5.41) is 4.85. The smallest absolute Gasteiger partial charge is 0.0751 e. The van der Waals surface area contributed by atoms with Gasteiger partial charge in [0.15, 0.2) is 0 Å².